The molecule has 126 valence electrons. The molecule has 1 fully saturated rings. The minimum Gasteiger partial charge on any atom is -0.423 e. The molecule has 1 aromatic carbocycles. The molecule has 0 radical (unpaired) electrons. The van der Waals surface area contributed by atoms with E-state index in [1.165, 1.54) is 18.9 Å². The van der Waals surface area contributed by atoms with Crippen molar-refractivity contribution in [2.45, 2.75) is 37.4 Å². The molecule has 6 nitrogen and oxygen atoms in total. The highest BCUT2D eigenvalue weighted by Gasteiger charge is 2.41. The maximum atomic E-state index is 14.4. The van der Waals surface area contributed by atoms with Crippen molar-refractivity contribution in [1.29, 1.82) is 0 Å². The average Bonchev–Trinajstić information content (AvgIpc) is 2.75. The van der Waals surface area contributed by atoms with Gasteiger partial charge in [-0.25, -0.2) is 9.18 Å². The summed E-state index contributed by atoms with van der Waals surface area (Å²) in [5.74, 6) is -0.811. The van der Waals surface area contributed by atoms with Gasteiger partial charge in [-0.1, -0.05) is 6.07 Å². The van der Waals surface area contributed by atoms with Crippen molar-refractivity contribution in [3.05, 3.63) is 23.5 Å². The van der Waals surface area contributed by atoms with Gasteiger partial charge in [-0.15, -0.1) is 12.6 Å². The average molecular weight is 342 g/mol. The van der Waals surface area contributed by atoms with Gasteiger partial charge in [0.2, 0.25) is 5.91 Å². The Morgan fingerprint density at radius 2 is 2.22 bits per heavy atom. The summed E-state index contributed by atoms with van der Waals surface area (Å²) in [5.41, 5.74) is 0.761. The second-order valence-corrected chi connectivity index (χ2v) is 5.71. The molecule has 2 amide bonds. The van der Waals surface area contributed by atoms with E-state index < -0.39 is 24.2 Å². The van der Waals surface area contributed by atoms with E-state index in [-0.39, 0.29) is 10.8 Å². The molecule has 8 heteroatoms. The molecule has 0 spiro atoms. The van der Waals surface area contributed by atoms with Gasteiger partial charge in [0.25, 0.3) is 0 Å². The van der Waals surface area contributed by atoms with Gasteiger partial charge in [0, 0.05) is 14.0 Å². The Balaban J connectivity index is 2.29. The van der Waals surface area contributed by atoms with Crippen LogP contribution in [-0.4, -0.2) is 38.0 Å². The Morgan fingerprint density at radius 1 is 1.52 bits per heavy atom. The van der Waals surface area contributed by atoms with Crippen molar-refractivity contribution in [3.63, 3.8) is 0 Å². The summed E-state index contributed by atoms with van der Waals surface area (Å²) in [6.07, 6.45) is -1.04. The SMILES string of the molecule is COCCc1ccc(N2C(=O)O[C@H](NC(C)=O)C2C)c(S)c1F. The highest BCUT2D eigenvalue weighted by molar-refractivity contribution is 7.80. The van der Waals surface area contributed by atoms with E-state index in [1.807, 2.05) is 0 Å². The lowest BCUT2D eigenvalue weighted by molar-refractivity contribution is -0.121. The number of ether oxygens (including phenoxy) is 2. The molecular weight excluding hydrogens is 323 g/mol. The van der Waals surface area contributed by atoms with Crippen molar-refractivity contribution in [1.82, 2.24) is 5.32 Å². The molecule has 0 bridgehead atoms. The van der Waals surface area contributed by atoms with Crippen LogP contribution in [0.4, 0.5) is 14.9 Å². The third-order valence-corrected chi connectivity index (χ3v) is 4.05. The zero-order valence-electron chi connectivity index (χ0n) is 13.1. The van der Waals surface area contributed by atoms with E-state index in [4.69, 9.17) is 9.47 Å². The van der Waals surface area contributed by atoms with Crippen LogP contribution in [0.2, 0.25) is 0 Å². The maximum Gasteiger partial charge on any atom is 0.416 e. The number of benzene rings is 1. The summed E-state index contributed by atoms with van der Waals surface area (Å²) >= 11 is 4.21. The molecule has 23 heavy (non-hydrogen) atoms. The number of hydrogen-bond acceptors (Lipinski definition) is 5. The summed E-state index contributed by atoms with van der Waals surface area (Å²) in [5, 5.41) is 2.54. The normalized spacial score (nSPS) is 20.6. The van der Waals surface area contributed by atoms with Crippen LogP contribution in [0.25, 0.3) is 0 Å². The first kappa shape index (κ1) is 17.6. The van der Waals surface area contributed by atoms with Crippen LogP contribution >= 0.6 is 12.6 Å². The Kier molecular flexibility index (Phi) is 5.48. The van der Waals surface area contributed by atoms with Gasteiger partial charge in [-0.05, 0) is 25.0 Å². The first-order valence-corrected chi connectivity index (χ1v) is 7.57. The zero-order valence-corrected chi connectivity index (χ0v) is 14.0. The molecule has 2 rings (SSSR count). The van der Waals surface area contributed by atoms with Gasteiger partial charge in [0.05, 0.1) is 23.2 Å². The number of halogens is 1. The van der Waals surface area contributed by atoms with Gasteiger partial charge in [-0.3, -0.25) is 9.69 Å². The van der Waals surface area contributed by atoms with E-state index >= 15 is 0 Å². The van der Waals surface area contributed by atoms with Gasteiger partial charge in [-0.2, -0.15) is 0 Å². The Bertz CT molecular complexity index is 626. The van der Waals surface area contributed by atoms with Gasteiger partial charge in [0.15, 0.2) is 6.23 Å². The molecule has 0 saturated carbocycles. The lowest BCUT2D eigenvalue weighted by Gasteiger charge is -2.23. The molecule has 1 unspecified atom stereocenters. The lowest BCUT2D eigenvalue weighted by atomic mass is 10.1. The van der Waals surface area contributed by atoms with Crippen LogP contribution < -0.4 is 10.2 Å². The van der Waals surface area contributed by atoms with Crippen LogP contribution in [0.3, 0.4) is 0 Å². The Hall–Kier alpha value is -1.80. The third kappa shape index (κ3) is 3.59. The Morgan fingerprint density at radius 3 is 2.83 bits per heavy atom. The molecule has 0 aromatic heterocycles. The molecule has 1 saturated heterocycles. The smallest absolute Gasteiger partial charge is 0.416 e. The largest absolute Gasteiger partial charge is 0.423 e. The van der Waals surface area contributed by atoms with E-state index in [0.717, 1.165) is 0 Å². The van der Waals surface area contributed by atoms with Crippen LogP contribution in [0.15, 0.2) is 17.0 Å². The first-order chi connectivity index (χ1) is 10.9. The number of carbonyl (C=O) groups is 2. The Labute approximate surface area is 139 Å². The predicted molar refractivity (Wildman–Crippen MR) is 85.3 cm³/mol. The highest BCUT2D eigenvalue weighted by atomic mass is 32.1. The van der Waals surface area contributed by atoms with Gasteiger partial charge < -0.3 is 14.8 Å². The number of rotatable bonds is 5. The molecule has 1 heterocycles. The molecule has 2 atom stereocenters. The fourth-order valence-electron chi connectivity index (χ4n) is 2.43. The topological polar surface area (TPSA) is 67.9 Å². The third-order valence-electron chi connectivity index (χ3n) is 3.63. The second kappa shape index (κ2) is 7.18. The van der Waals surface area contributed by atoms with Crippen LogP contribution in [0.1, 0.15) is 19.4 Å². The molecule has 1 aliphatic heterocycles. The summed E-state index contributed by atoms with van der Waals surface area (Å²) < 4.78 is 24.5. The molecule has 0 aliphatic carbocycles. The van der Waals surface area contributed by atoms with Crippen molar-refractivity contribution in [3.8, 4) is 0 Å². The summed E-state index contributed by atoms with van der Waals surface area (Å²) in [7, 11) is 1.54. The molecular formula is C15H19FN2O4S. The standard InChI is InChI=1S/C15H19FN2O4S/c1-8-14(17-9(2)19)22-15(20)18(8)11-5-4-10(6-7-21-3)12(16)13(11)23/h4-5,8,14,23H,6-7H2,1-3H3,(H,17,19)/t8?,14-/m0/s1. The number of hydrogen-bond donors (Lipinski definition) is 2. The zero-order chi connectivity index (χ0) is 17.1. The highest BCUT2D eigenvalue weighted by Crippen LogP contribution is 2.34. The van der Waals surface area contributed by atoms with E-state index in [1.54, 1.807) is 19.1 Å². The number of nitrogens with zero attached hydrogens (tertiary/aromatic N) is 1. The quantitative estimate of drug-likeness (QED) is 0.804. The minimum atomic E-state index is -0.788. The summed E-state index contributed by atoms with van der Waals surface area (Å²) in [6.45, 7) is 3.42. The number of carbonyl (C=O) groups excluding carboxylic acids is 2. The summed E-state index contributed by atoms with van der Waals surface area (Å²) in [6, 6.07) is 2.72. The van der Waals surface area contributed by atoms with Crippen LogP contribution in [-0.2, 0) is 20.7 Å². The van der Waals surface area contributed by atoms with E-state index in [9.17, 15) is 14.0 Å². The first-order valence-electron chi connectivity index (χ1n) is 7.13. The van der Waals surface area contributed by atoms with Gasteiger partial charge >= 0.3 is 6.09 Å². The number of methoxy groups -OCH3 is 1. The maximum absolute atomic E-state index is 14.4. The number of cyclic esters (lactones) is 1. The number of nitrogens with one attached hydrogen (secondary N) is 1. The monoisotopic (exact) mass is 342 g/mol. The minimum absolute atomic E-state index is 0.0610. The molecule has 1 aromatic rings. The van der Waals surface area contributed by atoms with E-state index in [0.29, 0.717) is 24.3 Å². The van der Waals surface area contributed by atoms with Crippen molar-refractivity contribution >= 4 is 30.3 Å². The van der Waals surface area contributed by atoms with E-state index in [2.05, 4.69) is 17.9 Å². The molecule has 1 N–H and O–H groups in total. The van der Waals surface area contributed by atoms with Crippen molar-refractivity contribution < 1.29 is 23.5 Å². The number of amides is 2. The van der Waals surface area contributed by atoms with Crippen LogP contribution in [0, 0.1) is 5.82 Å². The van der Waals surface area contributed by atoms with Crippen molar-refractivity contribution in [2.24, 2.45) is 0 Å². The predicted octanol–water partition coefficient (Wildman–Crippen LogP) is 2.11. The fourth-order valence-corrected chi connectivity index (χ4v) is 2.76. The molecule has 1 aliphatic rings. The number of thiol groups is 1. The van der Waals surface area contributed by atoms with Crippen LogP contribution in [0.5, 0.6) is 0 Å². The van der Waals surface area contributed by atoms with Gasteiger partial charge in [0.1, 0.15) is 5.82 Å². The second-order valence-electron chi connectivity index (χ2n) is 5.26. The fraction of sp³-hybridized carbons (Fsp3) is 0.467. The lowest BCUT2D eigenvalue weighted by Crippen LogP contribution is -2.43. The van der Waals surface area contributed by atoms with Crippen molar-refractivity contribution in [2.75, 3.05) is 18.6 Å². The number of anilines is 1. The summed E-state index contributed by atoms with van der Waals surface area (Å²) in [4.78, 5) is 24.6.